The van der Waals surface area contributed by atoms with Crippen LogP contribution in [0.3, 0.4) is 0 Å². The molecule has 252 valence electrons. The molecule has 2 heterocycles. The van der Waals surface area contributed by atoms with Gasteiger partial charge in [0, 0.05) is 26.7 Å². The van der Waals surface area contributed by atoms with E-state index in [-0.39, 0.29) is 5.91 Å². The standard InChI is InChI=1S/C47H40ClNOS/c1-32-24-26-33(27-25-32)46(4)31-45(2,3)49(44(50)43-42(48)38-22-14-15-23-41(38)51-43)40-29-28-37(30-39(40)46)47(34-16-8-5-9-17-34,35-18-10-6-11-19-35)36-20-12-7-13-21-36/h5-30H,31H2,1-4H3. The van der Waals surface area contributed by atoms with E-state index >= 15 is 0 Å². The van der Waals surface area contributed by atoms with E-state index in [0.29, 0.717) is 9.90 Å². The lowest BCUT2D eigenvalue weighted by molar-refractivity contribution is 0.0953. The van der Waals surface area contributed by atoms with Gasteiger partial charge in [0.25, 0.3) is 5.91 Å². The smallest absolute Gasteiger partial charge is 0.270 e. The van der Waals surface area contributed by atoms with Crippen molar-refractivity contribution in [3.05, 3.63) is 207 Å². The molecule has 1 aromatic heterocycles. The van der Waals surface area contributed by atoms with Crippen molar-refractivity contribution in [2.24, 2.45) is 0 Å². The fourth-order valence-electron chi connectivity index (χ4n) is 8.65. The molecule has 1 aliphatic rings. The molecule has 0 fully saturated rings. The molecule has 0 saturated heterocycles. The number of nitrogens with zero attached hydrogens (tertiary/aromatic N) is 1. The fraction of sp³-hybridized carbons (Fsp3) is 0.170. The molecule has 1 amide bonds. The first-order valence-electron chi connectivity index (χ1n) is 17.5. The molecule has 51 heavy (non-hydrogen) atoms. The van der Waals surface area contributed by atoms with Gasteiger partial charge in [-0.1, -0.05) is 170 Å². The second-order valence-electron chi connectivity index (χ2n) is 14.6. The van der Waals surface area contributed by atoms with Gasteiger partial charge < -0.3 is 4.90 Å². The summed E-state index contributed by atoms with van der Waals surface area (Å²) in [5.41, 5.74) is 7.63. The van der Waals surface area contributed by atoms with Gasteiger partial charge >= 0.3 is 0 Å². The number of benzene rings is 6. The van der Waals surface area contributed by atoms with Crippen molar-refractivity contribution in [1.29, 1.82) is 0 Å². The second-order valence-corrected chi connectivity index (χ2v) is 16.1. The van der Waals surface area contributed by atoms with E-state index in [2.05, 4.69) is 161 Å². The first kappa shape index (κ1) is 33.2. The SMILES string of the molecule is Cc1ccc(C2(C)CC(C)(C)N(C(=O)c3sc4ccccc4c3Cl)c3ccc(C(c4ccccc4)(c4ccccc4)c4ccccc4)cc32)cc1. The molecule has 1 unspecified atom stereocenters. The number of anilines is 1. The summed E-state index contributed by atoms with van der Waals surface area (Å²) in [5, 5.41) is 1.44. The van der Waals surface area contributed by atoms with Crippen LogP contribution < -0.4 is 4.90 Å². The van der Waals surface area contributed by atoms with Crippen molar-refractivity contribution in [1.82, 2.24) is 0 Å². The van der Waals surface area contributed by atoms with E-state index < -0.39 is 16.4 Å². The zero-order valence-corrected chi connectivity index (χ0v) is 30.9. The molecule has 0 radical (unpaired) electrons. The first-order chi connectivity index (χ1) is 24.6. The average molecular weight is 702 g/mol. The molecule has 2 nitrogen and oxygen atoms in total. The number of hydrogen-bond acceptors (Lipinski definition) is 2. The normalized spacial score (nSPS) is 16.9. The van der Waals surface area contributed by atoms with Crippen LogP contribution in [0.15, 0.2) is 158 Å². The molecule has 6 aromatic carbocycles. The maximum atomic E-state index is 15.0. The minimum atomic E-state index is -0.621. The van der Waals surface area contributed by atoms with Crippen LogP contribution >= 0.6 is 22.9 Å². The Kier molecular flexibility index (Phi) is 8.25. The Bertz CT molecular complexity index is 2270. The van der Waals surface area contributed by atoms with Crippen LogP contribution in [0.5, 0.6) is 0 Å². The minimum Gasteiger partial charge on any atom is -0.302 e. The number of fused-ring (bicyclic) bond motifs is 2. The van der Waals surface area contributed by atoms with Crippen molar-refractivity contribution >= 4 is 44.6 Å². The van der Waals surface area contributed by atoms with Gasteiger partial charge in [-0.3, -0.25) is 4.79 Å². The number of carbonyl (C=O) groups excluding carboxylic acids is 1. The van der Waals surface area contributed by atoms with Crippen LogP contribution in [-0.2, 0) is 10.8 Å². The Balaban J connectivity index is 1.43. The summed E-state index contributed by atoms with van der Waals surface area (Å²) in [6, 6.07) is 56.2. The molecular weight excluding hydrogens is 662 g/mol. The Labute approximate surface area is 310 Å². The molecule has 7 aromatic rings. The summed E-state index contributed by atoms with van der Waals surface area (Å²) in [7, 11) is 0. The van der Waals surface area contributed by atoms with Gasteiger partial charge in [-0.15, -0.1) is 11.3 Å². The van der Waals surface area contributed by atoms with Gasteiger partial charge in [-0.2, -0.15) is 0 Å². The third-order valence-electron chi connectivity index (χ3n) is 10.9. The zero-order chi connectivity index (χ0) is 35.4. The van der Waals surface area contributed by atoms with Crippen LogP contribution in [0.2, 0.25) is 5.02 Å². The maximum Gasteiger partial charge on any atom is 0.270 e. The van der Waals surface area contributed by atoms with E-state index in [4.69, 9.17) is 11.6 Å². The minimum absolute atomic E-state index is 0.0633. The predicted molar refractivity (Wildman–Crippen MR) is 215 cm³/mol. The Morgan fingerprint density at radius 3 is 1.75 bits per heavy atom. The molecule has 0 N–H and O–H groups in total. The fourth-order valence-corrected chi connectivity index (χ4v) is 10.1. The van der Waals surface area contributed by atoms with E-state index in [9.17, 15) is 4.79 Å². The third-order valence-corrected chi connectivity index (χ3v) is 12.6. The molecular formula is C47H40ClNOS. The number of hydrogen-bond donors (Lipinski definition) is 0. The van der Waals surface area contributed by atoms with Crippen molar-refractivity contribution in [2.45, 2.75) is 50.5 Å². The molecule has 0 aliphatic carbocycles. The monoisotopic (exact) mass is 701 g/mol. The highest BCUT2D eigenvalue weighted by Crippen LogP contribution is 2.54. The average Bonchev–Trinajstić information content (AvgIpc) is 3.49. The van der Waals surface area contributed by atoms with Crippen LogP contribution in [-0.4, -0.2) is 11.4 Å². The highest BCUT2D eigenvalue weighted by Gasteiger charge is 2.50. The van der Waals surface area contributed by atoms with Crippen molar-refractivity contribution in [2.75, 3.05) is 4.90 Å². The Morgan fingerprint density at radius 1 is 0.667 bits per heavy atom. The highest BCUT2D eigenvalue weighted by atomic mass is 35.5. The molecule has 0 bridgehead atoms. The molecule has 1 aliphatic heterocycles. The van der Waals surface area contributed by atoms with E-state index in [1.165, 1.54) is 39.2 Å². The van der Waals surface area contributed by atoms with Crippen LogP contribution in [0.25, 0.3) is 10.1 Å². The van der Waals surface area contributed by atoms with Gasteiger partial charge in [-0.05, 0) is 72.7 Å². The van der Waals surface area contributed by atoms with Crippen LogP contribution in [0.4, 0.5) is 5.69 Å². The van der Waals surface area contributed by atoms with Gasteiger partial charge in [0.1, 0.15) is 4.88 Å². The summed E-state index contributed by atoms with van der Waals surface area (Å²) >= 11 is 8.48. The van der Waals surface area contributed by atoms with Gasteiger partial charge in [-0.25, -0.2) is 0 Å². The predicted octanol–water partition coefficient (Wildman–Crippen LogP) is 12.4. The molecule has 0 spiro atoms. The summed E-state index contributed by atoms with van der Waals surface area (Å²) in [5.74, 6) is -0.0633. The molecule has 0 saturated carbocycles. The van der Waals surface area contributed by atoms with Crippen LogP contribution in [0, 0.1) is 6.92 Å². The van der Waals surface area contributed by atoms with Gasteiger partial charge in [0.2, 0.25) is 0 Å². The molecule has 8 rings (SSSR count). The van der Waals surface area contributed by atoms with E-state index in [0.717, 1.165) is 33.3 Å². The number of rotatable bonds is 6. The van der Waals surface area contributed by atoms with Crippen LogP contribution in [0.1, 0.15) is 75.8 Å². The Hall–Kier alpha value is -4.96. The zero-order valence-electron chi connectivity index (χ0n) is 29.4. The number of halogens is 1. The van der Waals surface area contributed by atoms with E-state index in [1.54, 1.807) is 0 Å². The number of aryl methyl sites for hydroxylation is 1. The Morgan fingerprint density at radius 2 is 1.20 bits per heavy atom. The largest absolute Gasteiger partial charge is 0.302 e. The lowest BCUT2D eigenvalue weighted by Gasteiger charge is -2.52. The lowest BCUT2D eigenvalue weighted by atomic mass is 9.61. The number of carbonyl (C=O) groups is 1. The third kappa shape index (κ3) is 5.34. The topological polar surface area (TPSA) is 20.3 Å². The summed E-state index contributed by atoms with van der Waals surface area (Å²) < 4.78 is 1.01. The van der Waals surface area contributed by atoms with Gasteiger partial charge in [0.15, 0.2) is 0 Å². The maximum absolute atomic E-state index is 15.0. The summed E-state index contributed by atoms with van der Waals surface area (Å²) in [6.07, 6.45) is 0.725. The highest BCUT2D eigenvalue weighted by molar-refractivity contribution is 7.21. The van der Waals surface area contributed by atoms with Crippen molar-refractivity contribution in [3.63, 3.8) is 0 Å². The second kappa shape index (κ2) is 12.7. The van der Waals surface area contributed by atoms with E-state index in [1.807, 2.05) is 29.2 Å². The quantitative estimate of drug-likeness (QED) is 0.158. The summed E-state index contributed by atoms with van der Waals surface area (Å²) in [6.45, 7) is 8.87. The number of amides is 1. The lowest BCUT2D eigenvalue weighted by Crippen LogP contribution is -2.56. The van der Waals surface area contributed by atoms with Gasteiger partial charge in [0.05, 0.1) is 10.4 Å². The van der Waals surface area contributed by atoms with Crippen molar-refractivity contribution < 1.29 is 4.79 Å². The summed E-state index contributed by atoms with van der Waals surface area (Å²) in [4.78, 5) is 17.6. The number of thiophene rings is 1. The van der Waals surface area contributed by atoms with Crippen molar-refractivity contribution in [3.8, 4) is 0 Å². The molecule has 1 atom stereocenters. The first-order valence-corrected chi connectivity index (χ1v) is 18.7. The molecule has 4 heteroatoms.